The molecule has 0 saturated heterocycles. The Hall–Kier alpha value is -2.07. The third-order valence-corrected chi connectivity index (χ3v) is 4.77. The van der Waals surface area contributed by atoms with Crippen LogP contribution in [0.2, 0.25) is 0 Å². The van der Waals surface area contributed by atoms with Crippen molar-refractivity contribution in [3.8, 4) is 0 Å². The topological polar surface area (TPSA) is 42.1 Å². The van der Waals surface area contributed by atoms with Crippen LogP contribution >= 0.6 is 11.3 Å². The summed E-state index contributed by atoms with van der Waals surface area (Å²) in [4.78, 5) is 6.83. The van der Waals surface area contributed by atoms with E-state index in [1.54, 1.807) is 11.3 Å². The quantitative estimate of drug-likeness (QED) is 0.738. The third kappa shape index (κ3) is 2.36. The highest BCUT2D eigenvalue weighted by Crippen LogP contribution is 2.38. The summed E-state index contributed by atoms with van der Waals surface area (Å²) in [6.07, 6.45) is 4.33. The number of nitrogens with two attached hydrogens (primary N) is 1. The molecule has 0 atom stereocenters. The highest BCUT2D eigenvalue weighted by molar-refractivity contribution is 7.07. The lowest BCUT2D eigenvalue weighted by atomic mass is 10.1. The van der Waals surface area contributed by atoms with Crippen LogP contribution in [0.5, 0.6) is 0 Å². The van der Waals surface area contributed by atoms with Gasteiger partial charge in [0.2, 0.25) is 0 Å². The Kier molecular flexibility index (Phi) is 3.04. The number of rotatable bonds is 4. The zero-order valence-corrected chi connectivity index (χ0v) is 12.5. The minimum Gasteiger partial charge on any atom is -0.396 e. The first-order valence-electron chi connectivity index (χ1n) is 7.24. The van der Waals surface area contributed by atoms with Crippen molar-refractivity contribution < 1.29 is 0 Å². The maximum Gasteiger partial charge on any atom is 0.0724 e. The average molecular weight is 295 g/mol. The minimum absolute atomic E-state index is 0.626. The van der Waals surface area contributed by atoms with Crippen LogP contribution < -0.4 is 10.6 Å². The molecule has 0 spiro atoms. The summed E-state index contributed by atoms with van der Waals surface area (Å²) in [5, 5.41) is 5.40. The average Bonchev–Trinajstić information content (AvgIpc) is 3.23. The van der Waals surface area contributed by atoms with Crippen molar-refractivity contribution in [1.29, 1.82) is 0 Å². The van der Waals surface area contributed by atoms with E-state index in [4.69, 9.17) is 5.73 Å². The van der Waals surface area contributed by atoms with Crippen molar-refractivity contribution in [3.05, 3.63) is 52.9 Å². The van der Waals surface area contributed by atoms with Crippen molar-refractivity contribution in [2.45, 2.75) is 25.4 Å². The zero-order chi connectivity index (χ0) is 14.2. The molecule has 1 aromatic carbocycles. The van der Waals surface area contributed by atoms with Gasteiger partial charge in [-0.1, -0.05) is 0 Å². The number of nitrogens with zero attached hydrogens (tertiary/aromatic N) is 2. The summed E-state index contributed by atoms with van der Waals surface area (Å²) in [6, 6.07) is 11.0. The van der Waals surface area contributed by atoms with Gasteiger partial charge in [-0.05, 0) is 59.5 Å². The molecule has 4 rings (SSSR count). The van der Waals surface area contributed by atoms with Gasteiger partial charge >= 0.3 is 0 Å². The van der Waals surface area contributed by atoms with E-state index < -0.39 is 0 Å². The van der Waals surface area contributed by atoms with Gasteiger partial charge in [-0.15, -0.1) is 0 Å². The van der Waals surface area contributed by atoms with Crippen molar-refractivity contribution in [3.63, 3.8) is 0 Å². The molecule has 1 aliphatic rings. The first kappa shape index (κ1) is 12.7. The van der Waals surface area contributed by atoms with Crippen LogP contribution in [0.3, 0.4) is 0 Å². The van der Waals surface area contributed by atoms with E-state index in [1.807, 2.05) is 12.3 Å². The maximum atomic E-state index is 6.44. The van der Waals surface area contributed by atoms with E-state index in [9.17, 15) is 0 Å². The number of pyridine rings is 1. The molecular weight excluding hydrogens is 278 g/mol. The molecule has 1 fully saturated rings. The lowest BCUT2D eigenvalue weighted by molar-refractivity contribution is 0.798. The third-order valence-electron chi connectivity index (χ3n) is 4.03. The SMILES string of the molecule is Nc1c(N(Cc2ccsc2)C2CC2)ccc2ncccc12. The van der Waals surface area contributed by atoms with Crippen molar-refractivity contribution >= 4 is 33.6 Å². The van der Waals surface area contributed by atoms with E-state index in [-0.39, 0.29) is 0 Å². The number of nitrogen functional groups attached to an aromatic ring is 1. The minimum atomic E-state index is 0.626. The molecule has 1 saturated carbocycles. The van der Waals surface area contributed by atoms with Crippen LogP contribution in [0, 0.1) is 0 Å². The number of hydrogen-bond donors (Lipinski definition) is 1. The van der Waals surface area contributed by atoms with Crippen LogP contribution in [-0.4, -0.2) is 11.0 Å². The molecule has 0 aliphatic heterocycles. The fraction of sp³-hybridized carbons (Fsp3) is 0.235. The molecule has 0 amide bonds. The number of aromatic nitrogens is 1. The fourth-order valence-electron chi connectivity index (χ4n) is 2.79. The molecular formula is C17H17N3S. The van der Waals surface area contributed by atoms with Crippen LogP contribution in [0.15, 0.2) is 47.3 Å². The smallest absolute Gasteiger partial charge is 0.0724 e. The predicted octanol–water partition coefficient (Wildman–Crippen LogP) is 4.05. The lowest BCUT2D eigenvalue weighted by Gasteiger charge is -2.26. The number of hydrogen-bond acceptors (Lipinski definition) is 4. The summed E-state index contributed by atoms with van der Waals surface area (Å²) in [5.74, 6) is 0. The van der Waals surface area contributed by atoms with E-state index in [0.29, 0.717) is 6.04 Å². The van der Waals surface area contributed by atoms with Crippen LogP contribution in [0.1, 0.15) is 18.4 Å². The Labute approximate surface area is 128 Å². The van der Waals surface area contributed by atoms with E-state index in [2.05, 4.69) is 44.9 Å². The first-order chi connectivity index (χ1) is 10.3. The zero-order valence-electron chi connectivity index (χ0n) is 11.7. The van der Waals surface area contributed by atoms with Gasteiger partial charge in [0, 0.05) is 24.2 Å². The Morgan fingerprint density at radius 1 is 1.24 bits per heavy atom. The molecule has 0 radical (unpaired) electrons. The van der Waals surface area contributed by atoms with Gasteiger partial charge < -0.3 is 10.6 Å². The number of fused-ring (bicyclic) bond motifs is 1. The Morgan fingerprint density at radius 3 is 2.90 bits per heavy atom. The molecule has 4 heteroatoms. The van der Waals surface area contributed by atoms with Crippen LogP contribution in [-0.2, 0) is 6.54 Å². The summed E-state index contributed by atoms with van der Waals surface area (Å²) < 4.78 is 0. The highest BCUT2D eigenvalue weighted by atomic mass is 32.1. The van der Waals surface area contributed by atoms with E-state index >= 15 is 0 Å². The van der Waals surface area contributed by atoms with E-state index in [0.717, 1.165) is 28.8 Å². The summed E-state index contributed by atoms with van der Waals surface area (Å²) in [6.45, 7) is 0.935. The molecule has 0 unspecified atom stereocenters. The van der Waals surface area contributed by atoms with Gasteiger partial charge in [-0.25, -0.2) is 0 Å². The van der Waals surface area contributed by atoms with Crippen LogP contribution in [0.4, 0.5) is 11.4 Å². The molecule has 106 valence electrons. The second-order valence-corrected chi connectivity index (χ2v) is 6.34. The van der Waals surface area contributed by atoms with E-state index in [1.165, 1.54) is 18.4 Å². The molecule has 2 heterocycles. The molecule has 21 heavy (non-hydrogen) atoms. The van der Waals surface area contributed by atoms with Gasteiger partial charge in [0.05, 0.1) is 16.9 Å². The second-order valence-electron chi connectivity index (χ2n) is 5.56. The molecule has 2 N–H and O–H groups in total. The number of anilines is 2. The Morgan fingerprint density at radius 2 is 2.14 bits per heavy atom. The van der Waals surface area contributed by atoms with Gasteiger partial charge in [0.25, 0.3) is 0 Å². The molecule has 2 aromatic heterocycles. The van der Waals surface area contributed by atoms with Gasteiger partial charge in [0.15, 0.2) is 0 Å². The molecule has 1 aliphatic carbocycles. The van der Waals surface area contributed by atoms with Gasteiger partial charge in [-0.2, -0.15) is 11.3 Å². The fourth-order valence-corrected chi connectivity index (χ4v) is 3.45. The van der Waals surface area contributed by atoms with Crippen molar-refractivity contribution in [2.24, 2.45) is 0 Å². The lowest BCUT2D eigenvalue weighted by Crippen LogP contribution is -2.25. The summed E-state index contributed by atoms with van der Waals surface area (Å²) in [7, 11) is 0. The monoisotopic (exact) mass is 295 g/mol. The molecule has 3 aromatic rings. The van der Waals surface area contributed by atoms with Crippen molar-refractivity contribution in [1.82, 2.24) is 4.98 Å². The normalized spacial score (nSPS) is 14.5. The first-order valence-corrected chi connectivity index (χ1v) is 8.18. The summed E-state index contributed by atoms with van der Waals surface area (Å²) in [5.41, 5.74) is 10.7. The van der Waals surface area contributed by atoms with Gasteiger partial charge in [0.1, 0.15) is 0 Å². The summed E-state index contributed by atoms with van der Waals surface area (Å²) >= 11 is 1.75. The number of benzene rings is 1. The Balaban J connectivity index is 1.77. The number of thiophene rings is 1. The highest BCUT2D eigenvalue weighted by Gasteiger charge is 2.30. The van der Waals surface area contributed by atoms with Crippen molar-refractivity contribution in [2.75, 3.05) is 10.6 Å². The Bertz CT molecular complexity index is 763. The maximum absolute atomic E-state index is 6.44. The molecule has 0 bridgehead atoms. The van der Waals surface area contributed by atoms with Gasteiger partial charge in [-0.3, -0.25) is 4.98 Å². The second kappa shape index (κ2) is 5.04. The largest absolute Gasteiger partial charge is 0.396 e. The molecule has 3 nitrogen and oxygen atoms in total. The predicted molar refractivity (Wildman–Crippen MR) is 89.7 cm³/mol. The van der Waals surface area contributed by atoms with Crippen LogP contribution in [0.25, 0.3) is 10.9 Å². The standard InChI is InChI=1S/C17H17N3S/c18-17-14-2-1-8-19-15(14)5-6-16(17)20(13-3-4-13)10-12-7-9-21-11-12/h1-2,5-9,11,13H,3-4,10,18H2.